The zero-order valence-corrected chi connectivity index (χ0v) is 12.1. The van der Waals surface area contributed by atoms with Gasteiger partial charge in [-0.25, -0.2) is 0 Å². The molecule has 1 aromatic rings. The zero-order valence-electron chi connectivity index (χ0n) is 12.1. The minimum absolute atomic E-state index is 0.185. The number of nitrogen functional groups attached to an aromatic ring is 1. The Morgan fingerprint density at radius 2 is 2.19 bits per heavy atom. The topological polar surface area (TPSA) is 93.9 Å². The van der Waals surface area contributed by atoms with Gasteiger partial charge in [-0.1, -0.05) is 0 Å². The van der Waals surface area contributed by atoms with Gasteiger partial charge in [-0.2, -0.15) is 0 Å². The van der Waals surface area contributed by atoms with E-state index in [4.69, 9.17) is 15.2 Å². The number of hydrogen-bond donors (Lipinski definition) is 2. The predicted octanol–water partition coefficient (Wildman–Crippen LogP) is -0.136. The average molecular weight is 293 g/mol. The van der Waals surface area contributed by atoms with Crippen molar-refractivity contribution in [3.63, 3.8) is 0 Å². The Morgan fingerprint density at radius 1 is 1.43 bits per heavy atom. The Hall–Kier alpha value is -2.28. The fourth-order valence-electron chi connectivity index (χ4n) is 2.26. The fourth-order valence-corrected chi connectivity index (χ4v) is 2.26. The van der Waals surface area contributed by atoms with Crippen molar-refractivity contribution in [2.24, 2.45) is 0 Å². The van der Waals surface area contributed by atoms with Gasteiger partial charge in [0.1, 0.15) is 11.8 Å². The Kier molecular flexibility index (Phi) is 4.64. The van der Waals surface area contributed by atoms with E-state index < -0.39 is 6.04 Å². The maximum Gasteiger partial charge on any atom is 0.254 e. The second-order valence-electron chi connectivity index (χ2n) is 4.70. The van der Waals surface area contributed by atoms with Crippen LogP contribution in [-0.4, -0.2) is 56.7 Å². The lowest BCUT2D eigenvalue weighted by Crippen LogP contribution is -2.55. The summed E-state index contributed by atoms with van der Waals surface area (Å²) in [5.74, 6) is -0.0143. The molecular formula is C14H19N3O4. The summed E-state index contributed by atoms with van der Waals surface area (Å²) in [6.45, 7) is 0.942. The molecule has 1 heterocycles. The van der Waals surface area contributed by atoms with Gasteiger partial charge in [0.2, 0.25) is 5.91 Å². The van der Waals surface area contributed by atoms with Gasteiger partial charge >= 0.3 is 0 Å². The molecule has 114 valence electrons. The molecule has 1 aromatic carbocycles. The van der Waals surface area contributed by atoms with Crippen molar-refractivity contribution < 1.29 is 19.1 Å². The summed E-state index contributed by atoms with van der Waals surface area (Å²) in [5, 5.41) is 2.54. The molecule has 0 aliphatic carbocycles. The number of hydrogen-bond acceptors (Lipinski definition) is 5. The number of nitrogens with one attached hydrogen (secondary N) is 1. The van der Waals surface area contributed by atoms with Crippen molar-refractivity contribution in [1.29, 1.82) is 0 Å². The molecule has 0 saturated carbocycles. The second kappa shape index (κ2) is 6.45. The van der Waals surface area contributed by atoms with Gasteiger partial charge in [0.05, 0.1) is 20.3 Å². The third kappa shape index (κ3) is 3.25. The van der Waals surface area contributed by atoms with Crippen LogP contribution in [0.15, 0.2) is 18.2 Å². The highest BCUT2D eigenvalue weighted by atomic mass is 16.5. The van der Waals surface area contributed by atoms with E-state index in [1.165, 1.54) is 19.1 Å². The molecule has 7 nitrogen and oxygen atoms in total. The molecule has 7 heteroatoms. The first kappa shape index (κ1) is 15.1. The summed E-state index contributed by atoms with van der Waals surface area (Å²) in [6.07, 6.45) is 0. The number of morpholine rings is 1. The van der Waals surface area contributed by atoms with Crippen LogP contribution in [0.3, 0.4) is 0 Å². The van der Waals surface area contributed by atoms with Crippen LogP contribution in [0, 0.1) is 0 Å². The first-order valence-electron chi connectivity index (χ1n) is 6.61. The Bertz CT molecular complexity index is 547. The van der Waals surface area contributed by atoms with E-state index in [9.17, 15) is 9.59 Å². The zero-order chi connectivity index (χ0) is 15.4. The van der Waals surface area contributed by atoms with E-state index >= 15 is 0 Å². The highest BCUT2D eigenvalue weighted by molar-refractivity contribution is 5.98. The SMILES string of the molecule is CNC(=O)C1COCCN1C(=O)c1cc(N)cc(OC)c1. The highest BCUT2D eigenvalue weighted by Crippen LogP contribution is 2.21. The Labute approximate surface area is 123 Å². The van der Waals surface area contributed by atoms with Gasteiger partial charge in [-0.3, -0.25) is 9.59 Å². The van der Waals surface area contributed by atoms with E-state index in [1.807, 2.05) is 0 Å². The number of ether oxygens (including phenoxy) is 2. The molecule has 0 spiro atoms. The number of carbonyl (C=O) groups is 2. The van der Waals surface area contributed by atoms with Gasteiger partial charge in [0, 0.05) is 30.9 Å². The summed E-state index contributed by atoms with van der Waals surface area (Å²) in [4.78, 5) is 26.0. The molecule has 1 aliphatic rings. The molecule has 21 heavy (non-hydrogen) atoms. The fraction of sp³-hybridized carbons (Fsp3) is 0.429. The summed E-state index contributed by atoms with van der Waals surface area (Å²) in [5.41, 5.74) is 6.59. The van der Waals surface area contributed by atoms with E-state index in [0.717, 1.165) is 0 Å². The predicted molar refractivity (Wildman–Crippen MR) is 77.1 cm³/mol. The minimum atomic E-state index is -0.635. The second-order valence-corrected chi connectivity index (χ2v) is 4.70. The van der Waals surface area contributed by atoms with Gasteiger partial charge in [-0.05, 0) is 12.1 Å². The smallest absolute Gasteiger partial charge is 0.254 e. The number of amides is 2. The monoisotopic (exact) mass is 293 g/mol. The molecule has 1 atom stereocenters. The summed E-state index contributed by atoms with van der Waals surface area (Å²) in [6, 6.07) is 4.17. The normalized spacial score (nSPS) is 18.2. The number of nitrogens with zero attached hydrogens (tertiary/aromatic N) is 1. The summed E-state index contributed by atoms with van der Waals surface area (Å²) < 4.78 is 10.4. The van der Waals surface area contributed by atoms with Crippen molar-refractivity contribution in [3.05, 3.63) is 23.8 Å². The summed E-state index contributed by atoms with van der Waals surface area (Å²) >= 11 is 0. The third-order valence-corrected chi connectivity index (χ3v) is 3.35. The van der Waals surface area contributed by atoms with Gasteiger partial charge in [-0.15, -0.1) is 0 Å². The molecule has 2 rings (SSSR count). The van der Waals surface area contributed by atoms with Crippen LogP contribution in [0.25, 0.3) is 0 Å². The number of carbonyl (C=O) groups excluding carboxylic acids is 2. The Morgan fingerprint density at radius 3 is 2.86 bits per heavy atom. The number of methoxy groups -OCH3 is 1. The van der Waals surface area contributed by atoms with E-state index in [1.54, 1.807) is 18.2 Å². The molecule has 0 radical (unpaired) electrons. The standard InChI is InChI=1S/C14H19N3O4/c1-16-13(18)12-8-21-4-3-17(12)14(19)9-5-10(15)7-11(6-9)20-2/h5-7,12H,3-4,8,15H2,1-2H3,(H,16,18). The number of likely N-dealkylation sites (N-methyl/N-ethyl adjacent to an activating group) is 1. The molecule has 3 N–H and O–H groups in total. The number of nitrogens with two attached hydrogens (primary N) is 1. The number of benzene rings is 1. The lowest BCUT2D eigenvalue weighted by Gasteiger charge is -2.34. The average Bonchev–Trinajstić information content (AvgIpc) is 2.52. The van der Waals surface area contributed by atoms with Crippen LogP contribution < -0.4 is 15.8 Å². The van der Waals surface area contributed by atoms with Crippen LogP contribution in [0.1, 0.15) is 10.4 Å². The van der Waals surface area contributed by atoms with Crippen LogP contribution in [0.5, 0.6) is 5.75 Å². The van der Waals surface area contributed by atoms with Crippen molar-refractivity contribution in [2.75, 3.05) is 39.6 Å². The van der Waals surface area contributed by atoms with Crippen molar-refractivity contribution in [2.45, 2.75) is 6.04 Å². The van der Waals surface area contributed by atoms with Crippen LogP contribution in [-0.2, 0) is 9.53 Å². The first-order valence-corrected chi connectivity index (χ1v) is 6.61. The number of anilines is 1. The van der Waals surface area contributed by atoms with E-state index in [0.29, 0.717) is 30.2 Å². The van der Waals surface area contributed by atoms with Crippen molar-refractivity contribution in [1.82, 2.24) is 10.2 Å². The minimum Gasteiger partial charge on any atom is -0.497 e. The number of rotatable bonds is 3. The van der Waals surface area contributed by atoms with Gasteiger partial charge < -0.3 is 25.4 Å². The van der Waals surface area contributed by atoms with Crippen LogP contribution in [0.2, 0.25) is 0 Å². The molecular weight excluding hydrogens is 274 g/mol. The highest BCUT2D eigenvalue weighted by Gasteiger charge is 2.33. The summed E-state index contributed by atoms with van der Waals surface area (Å²) in [7, 11) is 3.04. The molecule has 1 saturated heterocycles. The molecule has 1 fully saturated rings. The van der Waals surface area contributed by atoms with Gasteiger partial charge in [0.25, 0.3) is 5.91 Å². The van der Waals surface area contributed by atoms with Crippen molar-refractivity contribution in [3.8, 4) is 5.75 Å². The van der Waals surface area contributed by atoms with E-state index in [2.05, 4.69) is 5.32 Å². The third-order valence-electron chi connectivity index (χ3n) is 3.35. The van der Waals surface area contributed by atoms with E-state index in [-0.39, 0.29) is 18.4 Å². The molecule has 0 aromatic heterocycles. The largest absolute Gasteiger partial charge is 0.497 e. The molecule has 2 amide bonds. The maximum absolute atomic E-state index is 12.6. The maximum atomic E-state index is 12.6. The first-order chi connectivity index (χ1) is 10.1. The molecule has 1 unspecified atom stereocenters. The van der Waals surface area contributed by atoms with Crippen molar-refractivity contribution >= 4 is 17.5 Å². The Balaban J connectivity index is 2.28. The van der Waals surface area contributed by atoms with Gasteiger partial charge in [0.15, 0.2) is 0 Å². The lowest BCUT2D eigenvalue weighted by atomic mass is 10.1. The lowest BCUT2D eigenvalue weighted by molar-refractivity contribution is -0.130. The van der Waals surface area contributed by atoms with Crippen LogP contribution in [0.4, 0.5) is 5.69 Å². The van der Waals surface area contributed by atoms with Crippen LogP contribution >= 0.6 is 0 Å². The molecule has 0 bridgehead atoms. The molecule has 1 aliphatic heterocycles. The quantitative estimate of drug-likeness (QED) is 0.757.